The maximum absolute atomic E-state index is 4.10. The number of pyridine rings is 1. The number of fused-ring (bicyclic) bond motifs is 1. The highest BCUT2D eigenvalue weighted by Gasteiger charge is 1.93. The molecular weight excluding hydrogens is 204 g/mol. The van der Waals surface area contributed by atoms with E-state index in [0.717, 1.165) is 10.8 Å². The number of alkyl halides is 1. The molecule has 2 heterocycles. The second-order valence-corrected chi connectivity index (χ2v) is 2.93. The van der Waals surface area contributed by atoms with Crippen LogP contribution in [0.5, 0.6) is 0 Å². The molecule has 0 radical (unpaired) electrons. The first-order chi connectivity index (χ1) is 5.40. The van der Waals surface area contributed by atoms with E-state index in [1.54, 1.807) is 6.20 Å². The summed E-state index contributed by atoms with van der Waals surface area (Å²) in [7, 11) is 0. The molecule has 0 spiro atoms. The fourth-order valence-corrected chi connectivity index (χ4v) is 1.40. The zero-order valence-electron chi connectivity index (χ0n) is 5.87. The van der Waals surface area contributed by atoms with Crippen molar-refractivity contribution in [3.05, 3.63) is 36.2 Å². The Morgan fingerprint density at radius 2 is 2.36 bits per heavy atom. The summed E-state index contributed by atoms with van der Waals surface area (Å²) in [6.45, 7) is 0. The molecule has 0 fully saturated rings. The second-order valence-electron chi connectivity index (χ2n) is 2.37. The van der Waals surface area contributed by atoms with Gasteiger partial charge in [-0.1, -0.05) is 15.9 Å². The van der Waals surface area contributed by atoms with Gasteiger partial charge in [-0.25, -0.2) is 4.52 Å². The molecule has 3 heteroatoms. The topological polar surface area (TPSA) is 17.3 Å². The van der Waals surface area contributed by atoms with Crippen molar-refractivity contribution in [1.82, 2.24) is 9.61 Å². The minimum absolute atomic E-state index is 0.898. The molecule has 2 rings (SSSR count). The lowest BCUT2D eigenvalue weighted by Gasteiger charge is -1.95. The standard InChI is InChI=1S/C8H7BrN2/c9-6-7-2-4-11-8(5-7)1-3-10-11/h1-5H,6H2. The largest absolute Gasteiger partial charge is 0.241 e. The summed E-state index contributed by atoms with van der Waals surface area (Å²) in [4.78, 5) is 0. The first-order valence-corrected chi connectivity index (χ1v) is 4.50. The van der Waals surface area contributed by atoms with Crippen LogP contribution < -0.4 is 0 Å². The predicted octanol–water partition coefficient (Wildman–Crippen LogP) is 2.23. The average Bonchev–Trinajstić information content (AvgIpc) is 2.50. The van der Waals surface area contributed by atoms with Gasteiger partial charge in [-0.2, -0.15) is 5.10 Å². The predicted molar refractivity (Wildman–Crippen MR) is 47.8 cm³/mol. The molecule has 0 aliphatic carbocycles. The number of hydrogen-bond acceptors (Lipinski definition) is 1. The van der Waals surface area contributed by atoms with Crippen LogP contribution in [-0.4, -0.2) is 9.61 Å². The molecule has 56 valence electrons. The minimum atomic E-state index is 0.898. The van der Waals surface area contributed by atoms with E-state index in [4.69, 9.17) is 0 Å². The van der Waals surface area contributed by atoms with Crippen LogP contribution >= 0.6 is 15.9 Å². The van der Waals surface area contributed by atoms with Crippen LogP contribution in [0.2, 0.25) is 0 Å². The first kappa shape index (κ1) is 6.85. The summed E-state index contributed by atoms with van der Waals surface area (Å²) in [5.41, 5.74) is 2.42. The Kier molecular flexibility index (Phi) is 1.66. The van der Waals surface area contributed by atoms with E-state index in [2.05, 4.69) is 33.2 Å². The lowest BCUT2D eigenvalue weighted by molar-refractivity contribution is 0.957. The molecule has 0 amide bonds. The normalized spacial score (nSPS) is 10.6. The molecule has 0 saturated heterocycles. The summed E-state index contributed by atoms with van der Waals surface area (Å²) in [5.74, 6) is 0. The van der Waals surface area contributed by atoms with E-state index in [1.807, 2.05) is 16.8 Å². The van der Waals surface area contributed by atoms with Crippen molar-refractivity contribution in [2.75, 3.05) is 0 Å². The Bertz CT molecular complexity index is 367. The number of aromatic nitrogens is 2. The van der Waals surface area contributed by atoms with Gasteiger partial charge in [0.05, 0.1) is 5.52 Å². The van der Waals surface area contributed by atoms with Gasteiger partial charge in [0.1, 0.15) is 0 Å². The van der Waals surface area contributed by atoms with E-state index < -0.39 is 0 Å². The van der Waals surface area contributed by atoms with Crippen molar-refractivity contribution in [2.45, 2.75) is 5.33 Å². The van der Waals surface area contributed by atoms with Crippen molar-refractivity contribution >= 4 is 21.4 Å². The molecule has 0 bridgehead atoms. The molecule has 0 aliphatic heterocycles. The smallest absolute Gasteiger partial charge is 0.0664 e. The van der Waals surface area contributed by atoms with E-state index in [1.165, 1.54) is 5.56 Å². The zero-order valence-corrected chi connectivity index (χ0v) is 7.45. The minimum Gasteiger partial charge on any atom is -0.241 e. The zero-order chi connectivity index (χ0) is 7.68. The molecule has 2 nitrogen and oxygen atoms in total. The van der Waals surface area contributed by atoms with Crippen LogP contribution in [0.25, 0.3) is 5.52 Å². The summed E-state index contributed by atoms with van der Waals surface area (Å²) < 4.78 is 1.85. The molecule has 0 atom stereocenters. The van der Waals surface area contributed by atoms with Gasteiger partial charge in [0.2, 0.25) is 0 Å². The Morgan fingerprint density at radius 1 is 1.45 bits per heavy atom. The van der Waals surface area contributed by atoms with E-state index in [9.17, 15) is 0 Å². The SMILES string of the molecule is BrCc1ccn2nccc2c1. The second kappa shape index (κ2) is 2.66. The molecule has 0 aliphatic rings. The maximum atomic E-state index is 4.10. The molecule has 0 saturated carbocycles. The summed E-state index contributed by atoms with van der Waals surface area (Å²) in [5, 5.41) is 4.99. The Labute approximate surface area is 73.0 Å². The average molecular weight is 211 g/mol. The van der Waals surface area contributed by atoms with E-state index >= 15 is 0 Å². The van der Waals surface area contributed by atoms with E-state index in [-0.39, 0.29) is 0 Å². The van der Waals surface area contributed by atoms with Gasteiger partial charge in [-0.05, 0) is 23.8 Å². The van der Waals surface area contributed by atoms with Gasteiger partial charge in [0.25, 0.3) is 0 Å². The van der Waals surface area contributed by atoms with Crippen molar-refractivity contribution in [3.63, 3.8) is 0 Å². The molecule has 0 N–H and O–H groups in total. The highest BCUT2D eigenvalue weighted by Crippen LogP contribution is 2.08. The number of rotatable bonds is 1. The van der Waals surface area contributed by atoms with Gasteiger partial charge in [-0.3, -0.25) is 0 Å². The summed E-state index contributed by atoms with van der Waals surface area (Å²) in [6.07, 6.45) is 3.76. The van der Waals surface area contributed by atoms with E-state index in [0.29, 0.717) is 0 Å². The molecule has 0 unspecified atom stereocenters. The first-order valence-electron chi connectivity index (χ1n) is 3.38. The van der Waals surface area contributed by atoms with Crippen molar-refractivity contribution < 1.29 is 0 Å². The van der Waals surface area contributed by atoms with Gasteiger partial charge < -0.3 is 0 Å². The third kappa shape index (κ3) is 1.16. The number of halogens is 1. The van der Waals surface area contributed by atoms with Gasteiger partial charge in [0.15, 0.2) is 0 Å². The van der Waals surface area contributed by atoms with Gasteiger partial charge in [0, 0.05) is 17.7 Å². The summed E-state index contributed by atoms with van der Waals surface area (Å²) in [6, 6.07) is 6.16. The summed E-state index contributed by atoms with van der Waals surface area (Å²) >= 11 is 3.40. The Morgan fingerprint density at radius 3 is 3.18 bits per heavy atom. The van der Waals surface area contributed by atoms with Crippen LogP contribution in [0.15, 0.2) is 30.6 Å². The van der Waals surface area contributed by atoms with Crippen molar-refractivity contribution in [3.8, 4) is 0 Å². The molecule has 2 aromatic rings. The maximum Gasteiger partial charge on any atom is 0.0664 e. The highest BCUT2D eigenvalue weighted by molar-refractivity contribution is 9.08. The Hall–Kier alpha value is -0.830. The van der Waals surface area contributed by atoms with Crippen molar-refractivity contribution in [1.29, 1.82) is 0 Å². The number of hydrogen-bond donors (Lipinski definition) is 0. The van der Waals surface area contributed by atoms with Crippen LogP contribution in [0, 0.1) is 0 Å². The lowest BCUT2D eigenvalue weighted by Crippen LogP contribution is -1.86. The number of nitrogens with zero attached hydrogens (tertiary/aromatic N) is 2. The third-order valence-corrected chi connectivity index (χ3v) is 2.27. The highest BCUT2D eigenvalue weighted by atomic mass is 79.9. The lowest BCUT2D eigenvalue weighted by atomic mass is 10.3. The fourth-order valence-electron chi connectivity index (χ4n) is 1.05. The van der Waals surface area contributed by atoms with Crippen LogP contribution in [0.4, 0.5) is 0 Å². The third-order valence-electron chi connectivity index (χ3n) is 1.62. The molecule has 11 heavy (non-hydrogen) atoms. The van der Waals surface area contributed by atoms with Crippen LogP contribution in [0.1, 0.15) is 5.56 Å². The van der Waals surface area contributed by atoms with Crippen LogP contribution in [0.3, 0.4) is 0 Å². The van der Waals surface area contributed by atoms with Crippen LogP contribution in [-0.2, 0) is 5.33 Å². The van der Waals surface area contributed by atoms with Gasteiger partial charge >= 0.3 is 0 Å². The molecule has 2 aromatic heterocycles. The molecule has 0 aromatic carbocycles. The van der Waals surface area contributed by atoms with Crippen molar-refractivity contribution in [2.24, 2.45) is 0 Å². The monoisotopic (exact) mass is 210 g/mol. The fraction of sp³-hybridized carbons (Fsp3) is 0.125. The van der Waals surface area contributed by atoms with Gasteiger partial charge in [-0.15, -0.1) is 0 Å². The quantitative estimate of drug-likeness (QED) is 0.661. The Balaban J connectivity index is 2.67. The molecular formula is C8H7BrN2.